The van der Waals surface area contributed by atoms with Gasteiger partial charge >= 0.3 is 0 Å². The Hall–Kier alpha value is -2.44. The van der Waals surface area contributed by atoms with E-state index >= 15 is 0 Å². The number of halogens is 1. The molecule has 5 nitrogen and oxygen atoms in total. The summed E-state index contributed by atoms with van der Waals surface area (Å²) in [5, 5.41) is 9.55. The van der Waals surface area contributed by atoms with Crippen molar-refractivity contribution >= 4 is 40.5 Å². The number of aliphatic imine (C=N–C) groups is 1. The molecule has 1 aromatic heterocycles. The van der Waals surface area contributed by atoms with Gasteiger partial charge in [-0.3, -0.25) is 0 Å². The fraction of sp³-hybridized carbons (Fsp3) is 0. The van der Waals surface area contributed by atoms with Crippen molar-refractivity contribution in [3.8, 4) is 11.3 Å². The molecule has 0 aliphatic rings. The lowest BCUT2D eigenvalue weighted by atomic mass is 10.1. The highest BCUT2D eigenvalue weighted by Crippen LogP contribution is 2.21. The van der Waals surface area contributed by atoms with Gasteiger partial charge in [-0.1, -0.05) is 34.3 Å². The van der Waals surface area contributed by atoms with Gasteiger partial charge < -0.3 is 11.1 Å². The SMILES string of the molecule is NC(=Nc1ccc(-c2csnn2)cc1)Nc1cccc(Cl)c1. The van der Waals surface area contributed by atoms with Crippen molar-refractivity contribution in [2.75, 3.05) is 5.32 Å². The lowest BCUT2D eigenvalue weighted by molar-refractivity contribution is 1.16. The fourth-order valence-corrected chi connectivity index (χ4v) is 2.53. The number of hydrogen-bond donors (Lipinski definition) is 2. The summed E-state index contributed by atoms with van der Waals surface area (Å²) >= 11 is 7.25. The van der Waals surface area contributed by atoms with Crippen molar-refractivity contribution in [3.63, 3.8) is 0 Å². The first kappa shape index (κ1) is 14.5. The molecule has 2 aromatic carbocycles. The van der Waals surface area contributed by atoms with Crippen molar-refractivity contribution in [1.82, 2.24) is 9.59 Å². The highest BCUT2D eigenvalue weighted by Gasteiger charge is 2.01. The van der Waals surface area contributed by atoms with Gasteiger partial charge in [0.1, 0.15) is 5.69 Å². The monoisotopic (exact) mass is 329 g/mol. The van der Waals surface area contributed by atoms with Gasteiger partial charge in [0.2, 0.25) is 0 Å². The molecule has 7 heteroatoms. The first-order valence-electron chi connectivity index (χ1n) is 6.45. The molecule has 0 amide bonds. The summed E-state index contributed by atoms with van der Waals surface area (Å²) in [6.07, 6.45) is 0. The van der Waals surface area contributed by atoms with Crippen LogP contribution in [0.2, 0.25) is 5.02 Å². The van der Waals surface area contributed by atoms with Crippen LogP contribution in [0.5, 0.6) is 0 Å². The maximum Gasteiger partial charge on any atom is 0.198 e. The van der Waals surface area contributed by atoms with Crippen LogP contribution in [0.4, 0.5) is 11.4 Å². The molecule has 3 rings (SSSR count). The number of aromatic nitrogens is 2. The van der Waals surface area contributed by atoms with E-state index in [1.54, 1.807) is 12.1 Å². The van der Waals surface area contributed by atoms with Gasteiger partial charge in [0.25, 0.3) is 0 Å². The Morgan fingerprint density at radius 2 is 2.00 bits per heavy atom. The summed E-state index contributed by atoms with van der Waals surface area (Å²) in [5.74, 6) is 0.297. The van der Waals surface area contributed by atoms with Crippen LogP contribution in [-0.2, 0) is 0 Å². The van der Waals surface area contributed by atoms with Gasteiger partial charge in [0.05, 0.1) is 5.69 Å². The molecule has 0 saturated carbocycles. The Bertz CT molecular complexity index is 784. The molecule has 1 heterocycles. The Morgan fingerprint density at radius 3 is 2.68 bits per heavy atom. The molecule has 22 heavy (non-hydrogen) atoms. The summed E-state index contributed by atoms with van der Waals surface area (Å²) in [6, 6.07) is 14.9. The summed E-state index contributed by atoms with van der Waals surface area (Å²) < 4.78 is 3.85. The largest absolute Gasteiger partial charge is 0.369 e. The number of guanidine groups is 1. The predicted molar refractivity (Wildman–Crippen MR) is 91.7 cm³/mol. The smallest absolute Gasteiger partial charge is 0.198 e. The van der Waals surface area contributed by atoms with Crippen LogP contribution in [0.25, 0.3) is 11.3 Å². The number of anilines is 1. The maximum absolute atomic E-state index is 5.92. The standard InChI is InChI=1S/C15H12ClN5S/c16-11-2-1-3-13(8-11)19-15(17)18-12-6-4-10(5-7-12)14-9-22-21-20-14/h1-9H,(H3,17,18,19). The van der Waals surface area contributed by atoms with Gasteiger partial charge in [-0.15, -0.1) is 5.10 Å². The molecule has 0 saturated heterocycles. The number of nitrogens with zero attached hydrogens (tertiary/aromatic N) is 3. The highest BCUT2D eigenvalue weighted by molar-refractivity contribution is 7.03. The number of nitrogens with one attached hydrogen (secondary N) is 1. The zero-order valence-electron chi connectivity index (χ0n) is 11.4. The Labute approximate surface area is 136 Å². The minimum atomic E-state index is 0.297. The lowest BCUT2D eigenvalue weighted by Gasteiger charge is -2.06. The first-order valence-corrected chi connectivity index (χ1v) is 7.66. The van der Waals surface area contributed by atoms with Crippen LogP contribution in [-0.4, -0.2) is 15.5 Å². The third-order valence-corrected chi connectivity index (χ3v) is 3.61. The van der Waals surface area contributed by atoms with E-state index in [1.807, 2.05) is 41.8 Å². The van der Waals surface area contributed by atoms with E-state index in [-0.39, 0.29) is 0 Å². The third-order valence-electron chi connectivity index (χ3n) is 2.87. The Balaban J connectivity index is 1.74. The third kappa shape index (κ3) is 3.60. The first-order chi connectivity index (χ1) is 10.7. The average molecular weight is 330 g/mol. The zero-order chi connectivity index (χ0) is 15.4. The van der Waals surface area contributed by atoms with E-state index in [1.165, 1.54) is 11.5 Å². The molecule has 0 fully saturated rings. The minimum Gasteiger partial charge on any atom is -0.369 e. The number of benzene rings is 2. The quantitative estimate of drug-likeness (QED) is 0.564. The van der Waals surface area contributed by atoms with Crippen LogP contribution in [0.15, 0.2) is 58.9 Å². The maximum atomic E-state index is 5.92. The number of hydrogen-bond acceptors (Lipinski definition) is 4. The molecule has 0 bridgehead atoms. The number of nitrogens with two attached hydrogens (primary N) is 1. The van der Waals surface area contributed by atoms with Crippen LogP contribution < -0.4 is 11.1 Å². The predicted octanol–water partition coefficient (Wildman–Crippen LogP) is 3.92. The van der Waals surface area contributed by atoms with E-state index in [0.29, 0.717) is 11.0 Å². The van der Waals surface area contributed by atoms with Crippen molar-refractivity contribution in [2.24, 2.45) is 10.7 Å². The molecule has 0 aliphatic heterocycles. The van der Waals surface area contributed by atoms with Crippen molar-refractivity contribution < 1.29 is 0 Å². The Kier molecular flexibility index (Phi) is 4.32. The molecular weight excluding hydrogens is 318 g/mol. The van der Waals surface area contributed by atoms with Gasteiger partial charge in [0, 0.05) is 21.7 Å². The fourth-order valence-electron chi connectivity index (χ4n) is 1.88. The van der Waals surface area contributed by atoms with E-state index in [4.69, 9.17) is 17.3 Å². The summed E-state index contributed by atoms with van der Waals surface area (Å²) in [4.78, 5) is 4.31. The van der Waals surface area contributed by atoms with Crippen molar-refractivity contribution in [3.05, 3.63) is 58.9 Å². The number of rotatable bonds is 3. The molecule has 0 unspecified atom stereocenters. The normalized spacial score (nSPS) is 11.4. The molecule has 3 aromatic rings. The van der Waals surface area contributed by atoms with Gasteiger partial charge in [-0.25, -0.2) is 4.99 Å². The molecule has 0 aliphatic carbocycles. The summed E-state index contributed by atoms with van der Waals surface area (Å²) in [6.45, 7) is 0. The molecule has 0 radical (unpaired) electrons. The van der Waals surface area contributed by atoms with Crippen LogP contribution in [0.1, 0.15) is 0 Å². The van der Waals surface area contributed by atoms with E-state index in [9.17, 15) is 0 Å². The van der Waals surface area contributed by atoms with Crippen LogP contribution >= 0.6 is 23.1 Å². The average Bonchev–Trinajstić information content (AvgIpc) is 3.02. The molecule has 3 N–H and O–H groups in total. The van der Waals surface area contributed by atoms with Crippen molar-refractivity contribution in [1.29, 1.82) is 0 Å². The van der Waals surface area contributed by atoms with Crippen molar-refractivity contribution in [2.45, 2.75) is 0 Å². The molecular formula is C15H12ClN5S. The highest BCUT2D eigenvalue weighted by atomic mass is 35.5. The molecule has 0 atom stereocenters. The van der Waals surface area contributed by atoms with E-state index < -0.39 is 0 Å². The minimum absolute atomic E-state index is 0.297. The van der Waals surface area contributed by atoms with Gasteiger partial charge in [-0.2, -0.15) is 0 Å². The molecule has 0 spiro atoms. The summed E-state index contributed by atoms with van der Waals surface area (Å²) in [5.41, 5.74) is 9.28. The lowest BCUT2D eigenvalue weighted by Crippen LogP contribution is -2.21. The topological polar surface area (TPSA) is 76.2 Å². The van der Waals surface area contributed by atoms with E-state index in [0.717, 1.165) is 22.6 Å². The summed E-state index contributed by atoms with van der Waals surface area (Å²) in [7, 11) is 0. The Morgan fingerprint density at radius 1 is 1.18 bits per heavy atom. The van der Waals surface area contributed by atoms with Crippen LogP contribution in [0.3, 0.4) is 0 Å². The second-order valence-corrected chi connectivity index (χ2v) is 5.52. The second kappa shape index (κ2) is 6.55. The van der Waals surface area contributed by atoms with Crippen LogP contribution in [0, 0.1) is 0 Å². The van der Waals surface area contributed by atoms with Gasteiger partial charge in [0.15, 0.2) is 5.96 Å². The van der Waals surface area contributed by atoms with E-state index in [2.05, 4.69) is 19.9 Å². The molecule has 110 valence electrons. The van der Waals surface area contributed by atoms with Gasteiger partial charge in [-0.05, 0) is 41.9 Å². The second-order valence-electron chi connectivity index (χ2n) is 4.47. The zero-order valence-corrected chi connectivity index (χ0v) is 13.0.